The molecule has 1 unspecified atom stereocenters. The lowest BCUT2D eigenvalue weighted by molar-refractivity contribution is 0.0700. The highest BCUT2D eigenvalue weighted by Crippen LogP contribution is 2.33. The number of carbonyl (C=O) groups excluding carboxylic acids is 1. The number of benzene rings is 1. The first-order chi connectivity index (χ1) is 12.7. The van der Waals surface area contributed by atoms with Crippen LogP contribution in [0.4, 0.5) is 0 Å². The van der Waals surface area contributed by atoms with Gasteiger partial charge in [0.2, 0.25) is 0 Å². The van der Waals surface area contributed by atoms with Crippen LogP contribution in [0.5, 0.6) is 0 Å². The lowest BCUT2D eigenvalue weighted by Gasteiger charge is -2.32. The molecule has 0 aliphatic carbocycles. The number of amides is 1. The van der Waals surface area contributed by atoms with Gasteiger partial charge in [-0.05, 0) is 42.7 Å². The second kappa shape index (κ2) is 7.30. The minimum Gasteiger partial charge on any atom is -0.337 e. The molecule has 3 heterocycles. The highest BCUT2D eigenvalue weighted by Gasteiger charge is 2.28. The molecule has 0 spiro atoms. The topological polar surface area (TPSA) is 61.9 Å². The molecular weight excluding hydrogens is 348 g/mol. The molecule has 1 amide bonds. The normalized spacial score (nSPS) is 17.3. The van der Waals surface area contributed by atoms with Crippen LogP contribution in [0, 0.1) is 0 Å². The molecule has 3 aromatic rings. The van der Waals surface area contributed by atoms with E-state index in [0.717, 1.165) is 36.2 Å². The summed E-state index contributed by atoms with van der Waals surface area (Å²) in [6, 6.07) is 13.2. The quantitative estimate of drug-likeness (QED) is 0.757. The van der Waals surface area contributed by atoms with Crippen LogP contribution < -0.4 is 0 Å². The lowest BCUT2D eigenvalue weighted by atomic mass is 9.90. The number of aromatic nitrogens is 3. The third-order valence-corrected chi connectivity index (χ3v) is 5.08. The van der Waals surface area contributed by atoms with Crippen LogP contribution in [0.1, 0.15) is 34.9 Å². The van der Waals surface area contributed by atoms with Crippen molar-refractivity contribution in [3.05, 3.63) is 71.3 Å². The van der Waals surface area contributed by atoms with Crippen molar-refractivity contribution in [1.29, 1.82) is 0 Å². The van der Waals surface area contributed by atoms with Crippen molar-refractivity contribution in [2.24, 2.45) is 0 Å². The third-order valence-electron chi connectivity index (χ3n) is 4.82. The molecule has 0 bridgehead atoms. The fourth-order valence-corrected chi connectivity index (χ4v) is 3.64. The Hall–Kier alpha value is -2.66. The van der Waals surface area contributed by atoms with Gasteiger partial charge in [0.05, 0.1) is 6.20 Å². The molecule has 0 radical (unpaired) electrons. The predicted molar refractivity (Wildman–Crippen MR) is 101 cm³/mol. The number of piperidine rings is 1. The molecule has 1 fully saturated rings. The van der Waals surface area contributed by atoms with E-state index in [2.05, 4.69) is 15.2 Å². The summed E-state index contributed by atoms with van der Waals surface area (Å²) in [6.07, 6.45) is 5.48. The number of H-pyrrole nitrogens is 1. The summed E-state index contributed by atoms with van der Waals surface area (Å²) in [5, 5.41) is 8.11. The molecule has 4 rings (SSSR count). The van der Waals surface area contributed by atoms with Gasteiger partial charge in [0.15, 0.2) is 0 Å². The van der Waals surface area contributed by atoms with Crippen LogP contribution in [0.3, 0.4) is 0 Å². The van der Waals surface area contributed by atoms with E-state index in [1.54, 1.807) is 12.3 Å². The minimum absolute atomic E-state index is 0.0112. The maximum absolute atomic E-state index is 12.7. The van der Waals surface area contributed by atoms with Crippen LogP contribution in [-0.4, -0.2) is 39.1 Å². The van der Waals surface area contributed by atoms with Crippen LogP contribution in [-0.2, 0) is 0 Å². The molecule has 1 atom stereocenters. The molecule has 2 aromatic heterocycles. The number of nitrogens with one attached hydrogen (secondary N) is 1. The van der Waals surface area contributed by atoms with Crippen molar-refractivity contribution in [2.45, 2.75) is 18.8 Å². The van der Waals surface area contributed by atoms with Crippen molar-refractivity contribution in [3.8, 4) is 11.1 Å². The highest BCUT2D eigenvalue weighted by atomic mass is 35.5. The Morgan fingerprint density at radius 2 is 2.04 bits per heavy atom. The molecule has 132 valence electrons. The van der Waals surface area contributed by atoms with Crippen molar-refractivity contribution in [3.63, 3.8) is 0 Å². The number of nitrogens with zero attached hydrogens (tertiary/aromatic N) is 3. The lowest BCUT2D eigenvalue weighted by Crippen LogP contribution is -2.39. The Balaban J connectivity index is 1.57. The van der Waals surface area contributed by atoms with E-state index in [4.69, 9.17) is 11.6 Å². The largest absolute Gasteiger partial charge is 0.337 e. The van der Waals surface area contributed by atoms with E-state index < -0.39 is 0 Å². The molecule has 5 nitrogen and oxygen atoms in total. The Labute approximate surface area is 157 Å². The Bertz CT molecular complexity index is 892. The van der Waals surface area contributed by atoms with E-state index in [0.29, 0.717) is 17.3 Å². The number of likely N-dealkylation sites (tertiary alicyclic amines) is 1. The third kappa shape index (κ3) is 3.35. The van der Waals surface area contributed by atoms with Crippen LogP contribution >= 0.6 is 11.6 Å². The second-order valence-corrected chi connectivity index (χ2v) is 6.95. The van der Waals surface area contributed by atoms with Crippen LogP contribution in [0.25, 0.3) is 11.1 Å². The molecule has 1 saturated heterocycles. The average Bonchev–Trinajstić information content (AvgIpc) is 3.19. The second-order valence-electron chi connectivity index (χ2n) is 6.51. The summed E-state index contributed by atoms with van der Waals surface area (Å²) in [7, 11) is 0. The summed E-state index contributed by atoms with van der Waals surface area (Å²) in [5.41, 5.74) is 3.71. The van der Waals surface area contributed by atoms with Gasteiger partial charge in [-0.3, -0.25) is 14.9 Å². The average molecular weight is 367 g/mol. The van der Waals surface area contributed by atoms with Gasteiger partial charge in [-0.1, -0.05) is 29.8 Å². The smallest absolute Gasteiger partial charge is 0.272 e. The number of rotatable bonds is 3. The molecule has 1 aliphatic rings. The van der Waals surface area contributed by atoms with Crippen LogP contribution in [0.15, 0.2) is 54.9 Å². The van der Waals surface area contributed by atoms with Crippen molar-refractivity contribution in [1.82, 2.24) is 20.1 Å². The summed E-state index contributed by atoms with van der Waals surface area (Å²) in [6.45, 7) is 1.43. The zero-order valence-corrected chi connectivity index (χ0v) is 15.0. The standard InChI is InChI=1S/C20H19ClN4O/c21-16-8-6-14(7-9-16)17-12-23-24-19(17)15-4-3-11-25(13-15)20(26)18-5-1-2-10-22-18/h1-2,5-10,12,15H,3-4,11,13H2,(H,23,24). The summed E-state index contributed by atoms with van der Waals surface area (Å²) in [5.74, 6) is 0.215. The first kappa shape index (κ1) is 16.8. The number of halogens is 1. The van der Waals surface area contributed by atoms with Gasteiger partial charge in [-0.25, -0.2) is 0 Å². The molecule has 26 heavy (non-hydrogen) atoms. The zero-order valence-electron chi connectivity index (χ0n) is 14.2. The number of hydrogen-bond donors (Lipinski definition) is 1. The monoisotopic (exact) mass is 366 g/mol. The van der Waals surface area contributed by atoms with E-state index in [1.807, 2.05) is 47.5 Å². The van der Waals surface area contributed by atoms with Gasteiger partial charge in [0.1, 0.15) is 5.69 Å². The predicted octanol–water partition coefficient (Wildman–Crippen LogP) is 4.14. The molecule has 1 aromatic carbocycles. The van der Waals surface area contributed by atoms with E-state index >= 15 is 0 Å². The minimum atomic E-state index is -0.0112. The van der Waals surface area contributed by atoms with E-state index in [-0.39, 0.29) is 11.8 Å². The molecule has 1 N–H and O–H groups in total. The summed E-state index contributed by atoms with van der Waals surface area (Å²) in [4.78, 5) is 18.8. The zero-order chi connectivity index (χ0) is 17.9. The number of carbonyl (C=O) groups is 1. The van der Waals surface area contributed by atoms with Crippen molar-refractivity contribution in [2.75, 3.05) is 13.1 Å². The fourth-order valence-electron chi connectivity index (χ4n) is 3.52. The van der Waals surface area contributed by atoms with Gasteiger partial charge >= 0.3 is 0 Å². The number of aromatic amines is 1. The van der Waals surface area contributed by atoms with Gasteiger partial charge < -0.3 is 4.90 Å². The SMILES string of the molecule is O=C(c1ccccn1)N1CCCC(c2[nH]ncc2-c2ccc(Cl)cc2)C1. The molecule has 6 heteroatoms. The Morgan fingerprint density at radius 1 is 1.19 bits per heavy atom. The Morgan fingerprint density at radius 3 is 2.81 bits per heavy atom. The first-order valence-electron chi connectivity index (χ1n) is 8.72. The molecule has 0 saturated carbocycles. The van der Waals surface area contributed by atoms with Gasteiger partial charge in [0, 0.05) is 41.5 Å². The number of pyridine rings is 1. The maximum atomic E-state index is 12.7. The van der Waals surface area contributed by atoms with Gasteiger partial charge in [-0.2, -0.15) is 5.10 Å². The van der Waals surface area contributed by atoms with E-state index in [9.17, 15) is 4.79 Å². The maximum Gasteiger partial charge on any atom is 0.272 e. The Kier molecular flexibility index (Phi) is 4.71. The van der Waals surface area contributed by atoms with E-state index in [1.165, 1.54) is 0 Å². The molecular formula is C20H19ClN4O. The van der Waals surface area contributed by atoms with Crippen LogP contribution in [0.2, 0.25) is 5.02 Å². The summed E-state index contributed by atoms with van der Waals surface area (Å²) < 4.78 is 0. The fraction of sp³-hybridized carbons (Fsp3) is 0.250. The van der Waals surface area contributed by atoms with Gasteiger partial charge in [0.25, 0.3) is 5.91 Å². The molecule has 1 aliphatic heterocycles. The summed E-state index contributed by atoms with van der Waals surface area (Å²) >= 11 is 6.00. The van der Waals surface area contributed by atoms with Gasteiger partial charge in [-0.15, -0.1) is 0 Å². The highest BCUT2D eigenvalue weighted by molar-refractivity contribution is 6.30. The van der Waals surface area contributed by atoms with Crippen molar-refractivity contribution >= 4 is 17.5 Å². The first-order valence-corrected chi connectivity index (χ1v) is 9.09. The number of hydrogen-bond acceptors (Lipinski definition) is 3. The van der Waals surface area contributed by atoms with Crippen molar-refractivity contribution < 1.29 is 4.79 Å².